The molecule has 4 aromatic rings. The highest BCUT2D eigenvalue weighted by Crippen LogP contribution is 2.23. The van der Waals surface area contributed by atoms with Crippen molar-refractivity contribution < 1.29 is 9.53 Å². The van der Waals surface area contributed by atoms with Crippen LogP contribution in [0.25, 0.3) is 16.5 Å². The van der Waals surface area contributed by atoms with Crippen molar-refractivity contribution >= 4 is 28.7 Å². The molecule has 0 aliphatic carbocycles. The predicted octanol–water partition coefficient (Wildman–Crippen LogP) is 3.66. The van der Waals surface area contributed by atoms with Crippen LogP contribution in [0.15, 0.2) is 41.8 Å². The van der Waals surface area contributed by atoms with E-state index in [1.54, 1.807) is 35.1 Å². The van der Waals surface area contributed by atoms with Crippen LogP contribution >= 0.6 is 11.3 Å². The van der Waals surface area contributed by atoms with Gasteiger partial charge in [-0.1, -0.05) is 6.07 Å². The lowest BCUT2D eigenvalue weighted by Gasteiger charge is -2.11. The number of thiophene rings is 1. The highest BCUT2D eigenvalue weighted by molar-refractivity contribution is 7.13. The van der Waals surface area contributed by atoms with Gasteiger partial charge in [-0.15, -0.1) is 16.4 Å². The SMILES string of the molecule is COc1ccc(NC(=O)Cc2c(C)nc3nc(-c4cccs4)nn3c2C)cc1. The van der Waals surface area contributed by atoms with E-state index in [2.05, 4.69) is 20.4 Å². The summed E-state index contributed by atoms with van der Waals surface area (Å²) in [5.41, 5.74) is 3.21. The first-order valence-corrected chi connectivity index (χ1v) is 9.64. The third kappa shape index (κ3) is 3.46. The van der Waals surface area contributed by atoms with E-state index in [0.29, 0.717) is 11.6 Å². The smallest absolute Gasteiger partial charge is 0.253 e. The number of anilines is 1. The molecule has 1 aromatic carbocycles. The largest absolute Gasteiger partial charge is 0.497 e. The average Bonchev–Trinajstić information content (AvgIpc) is 3.35. The Kier molecular flexibility index (Phi) is 4.79. The molecule has 0 radical (unpaired) electrons. The molecule has 3 aromatic heterocycles. The Morgan fingerprint density at radius 2 is 1.96 bits per heavy atom. The molecule has 0 saturated carbocycles. The monoisotopic (exact) mass is 393 g/mol. The lowest BCUT2D eigenvalue weighted by Crippen LogP contribution is -2.17. The third-order valence-corrected chi connectivity index (χ3v) is 5.37. The summed E-state index contributed by atoms with van der Waals surface area (Å²) in [6.07, 6.45) is 0.209. The second-order valence-electron chi connectivity index (χ2n) is 6.34. The molecule has 0 aliphatic heterocycles. The van der Waals surface area contributed by atoms with Crippen LogP contribution in [0.3, 0.4) is 0 Å². The maximum atomic E-state index is 12.6. The Balaban J connectivity index is 1.59. The summed E-state index contributed by atoms with van der Waals surface area (Å²) in [7, 11) is 1.61. The highest BCUT2D eigenvalue weighted by Gasteiger charge is 2.17. The molecule has 0 aliphatic rings. The predicted molar refractivity (Wildman–Crippen MR) is 109 cm³/mol. The minimum absolute atomic E-state index is 0.115. The summed E-state index contributed by atoms with van der Waals surface area (Å²) >= 11 is 1.58. The van der Waals surface area contributed by atoms with E-state index in [1.165, 1.54) is 0 Å². The van der Waals surface area contributed by atoms with Gasteiger partial charge in [0.05, 0.1) is 18.4 Å². The van der Waals surface area contributed by atoms with Crippen LogP contribution in [-0.4, -0.2) is 32.6 Å². The number of benzene rings is 1. The zero-order valence-corrected chi connectivity index (χ0v) is 16.6. The van der Waals surface area contributed by atoms with Crippen molar-refractivity contribution in [3.05, 3.63) is 58.7 Å². The van der Waals surface area contributed by atoms with Gasteiger partial charge in [-0.25, -0.2) is 9.50 Å². The number of carbonyl (C=O) groups is 1. The second-order valence-corrected chi connectivity index (χ2v) is 7.29. The quantitative estimate of drug-likeness (QED) is 0.560. The topological polar surface area (TPSA) is 81.4 Å². The molecule has 1 amide bonds. The van der Waals surface area contributed by atoms with Gasteiger partial charge in [-0.05, 0) is 49.6 Å². The number of carbonyl (C=O) groups excluding carboxylic acids is 1. The van der Waals surface area contributed by atoms with Gasteiger partial charge in [-0.2, -0.15) is 4.98 Å². The molecule has 28 heavy (non-hydrogen) atoms. The van der Waals surface area contributed by atoms with E-state index < -0.39 is 0 Å². The molecular formula is C20H19N5O2S. The van der Waals surface area contributed by atoms with Crippen molar-refractivity contribution in [3.63, 3.8) is 0 Å². The summed E-state index contributed by atoms with van der Waals surface area (Å²) in [6.45, 7) is 3.83. The fourth-order valence-electron chi connectivity index (χ4n) is 3.01. The van der Waals surface area contributed by atoms with E-state index in [9.17, 15) is 4.79 Å². The number of methoxy groups -OCH3 is 1. The molecule has 142 valence electrons. The molecule has 0 saturated heterocycles. The lowest BCUT2D eigenvalue weighted by atomic mass is 10.1. The highest BCUT2D eigenvalue weighted by atomic mass is 32.1. The van der Waals surface area contributed by atoms with Crippen molar-refractivity contribution in [2.45, 2.75) is 20.3 Å². The van der Waals surface area contributed by atoms with Crippen LogP contribution in [0.5, 0.6) is 5.75 Å². The third-order valence-electron chi connectivity index (χ3n) is 4.50. The molecule has 0 fully saturated rings. The van der Waals surface area contributed by atoms with Gasteiger partial charge >= 0.3 is 0 Å². The molecule has 8 heteroatoms. The van der Waals surface area contributed by atoms with Crippen molar-refractivity contribution in [2.24, 2.45) is 0 Å². The van der Waals surface area contributed by atoms with Crippen LogP contribution in [0.4, 0.5) is 5.69 Å². The van der Waals surface area contributed by atoms with Gasteiger partial charge in [0, 0.05) is 22.6 Å². The summed E-state index contributed by atoms with van der Waals surface area (Å²) in [4.78, 5) is 22.6. The minimum atomic E-state index is -0.115. The summed E-state index contributed by atoms with van der Waals surface area (Å²) < 4.78 is 6.84. The van der Waals surface area contributed by atoms with Gasteiger partial charge in [-0.3, -0.25) is 4.79 Å². The van der Waals surface area contributed by atoms with E-state index in [-0.39, 0.29) is 12.3 Å². The van der Waals surface area contributed by atoms with Crippen LogP contribution < -0.4 is 10.1 Å². The maximum Gasteiger partial charge on any atom is 0.253 e. The Labute approximate surface area is 166 Å². The zero-order valence-electron chi connectivity index (χ0n) is 15.8. The fourth-order valence-corrected chi connectivity index (χ4v) is 3.67. The van der Waals surface area contributed by atoms with Crippen molar-refractivity contribution in [1.29, 1.82) is 0 Å². The van der Waals surface area contributed by atoms with Gasteiger partial charge in [0.25, 0.3) is 5.78 Å². The molecule has 4 rings (SSSR count). The molecule has 0 spiro atoms. The van der Waals surface area contributed by atoms with E-state index in [1.807, 2.05) is 43.5 Å². The Morgan fingerprint density at radius 3 is 2.64 bits per heavy atom. The minimum Gasteiger partial charge on any atom is -0.497 e. The molecule has 1 N–H and O–H groups in total. The number of aromatic nitrogens is 4. The number of aryl methyl sites for hydroxylation is 2. The zero-order chi connectivity index (χ0) is 19.7. The summed E-state index contributed by atoms with van der Waals surface area (Å²) in [5.74, 6) is 1.81. The van der Waals surface area contributed by atoms with Gasteiger partial charge < -0.3 is 10.1 Å². The summed E-state index contributed by atoms with van der Waals surface area (Å²) in [5, 5.41) is 9.47. The number of nitrogens with zero attached hydrogens (tertiary/aromatic N) is 4. The number of amides is 1. The van der Waals surface area contributed by atoms with Gasteiger partial charge in [0.15, 0.2) is 5.82 Å². The van der Waals surface area contributed by atoms with Crippen LogP contribution in [0, 0.1) is 13.8 Å². The standard InChI is InChI=1S/C20H19N5O2S/c1-12-16(11-18(26)22-14-6-8-15(27-3)9-7-14)13(2)25-20(21-12)23-19(24-25)17-5-4-10-28-17/h4-10H,11H2,1-3H3,(H,22,26). The molecule has 0 bridgehead atoms. The number of rotatable bonds is 5. The molecule has 0 unspecified atom stereocenters. The van der Waals surface area contributed by atoms with E-state index >= 15 is 0 Å². The first-order chi connectivity index (χ1) is 13.5. The van der Waals surface area contributed by atoms with Crippen LogP contribution in [0.2, 0.25) is 0 Å². The maximum absolute atomic E-state index is 12.6. The van der Waals surface area contributed by atoms with Crippen molar-refractivity contribution in [1.82, 2.24) is 19.6 Å². The molecule has 0 atom stereocenters. The Bertz CT molecular complexity index is 1130. The molecule has 3 heterocycles. The summed E-state index contributed by atoms with van der Waals surface area (Å²) in [6, 6.07) is 11.2. The van der Waals surface area contributed by atoms with Crippen molar-refractivity contribution in [2.75, 3.05) is 12.4 Å². The molecule has 7 nitrogen and oxygen atoms in total. The van der Waals surface area contributed by atoms with Crippen LogP contribution in [-0.2, 0) is 11.2 Å². The first-order valence-electron chi connectivity index (χ1n) is 8.76. The average molecular weight is 393 g/mol. The van der Waals surface area contributed by atoms with Gasteiger partial charge in [0.1, 0.15) is 5.75 Å². The first kappa shape index (κ1) is 18.1. The normalized spacial score (nSPS) is 11.0. The number of hydrogen-bond acceptors (Lipinski definition) is 6. The fraction of sp³-hybridized carbons (Fsp3) is 0.200. The Hall–Kier alpha value is -3.26. The van der Waals surface area contributed by atoms with Crippen molar-refractivity contribution in [3.8, 4) is 16.5 Å². The second kappa shape index (κ2) is 7.40. The number of nitrogens with one attached hydrogen (secondary N) is 1. The number of ether oxygens (including phenoxy) is 1. The lowest BCUT2D eigenvalue weighted by molar-refractivity contribution is -0.115. The molecular weight excluding hydrogens is 374 g/mol. The van der Waals surface area contributed by atoms with Crippen LogP contribution in [0.1, 0.15) is 17.0 Å². The Morgan fingerprint density at radius 1 is 1.18 bits per heavy atom. The van der Waals surface area contributed by atoms with E-state index in [0.717, 1.165) is 33.3 Å². The number of fused-ring (bicyclic) bond motifs is 1. The number of hydrogen-bond donors (Lipinski definition) is 1. The van der Waals surface area contributed by atoms with Gasteiger partial charge in [0.2, 0.25) is 5.91 Å². The van der Waals surface area contributed by atoms with E-state index in [4.69, 9.17) is 4.74 Å².